The van der Waals surface area contributed by atoms with Gasteiger partial charge in [0.2, 0.25) is 10.0 Å². The fraction of sp³-hybridized carbons (Fsp3) is 0.600. The fourth-order valence-corrected chi connectivity index (χ4v) is 4.03. The first-order chi connectivity index (χ1) is 10.1. The van der Waals surface area contributed by atoms with Gasteiger partial charge < -0.3 is 10.5 Å². The van der Waals surface area contributed by atoms with Gasteiger partial charge in [0.05, 0.1) is 11.5 Å². The van der Waals surface area contributed by atoms with Crippen LogP contribution < -0.4 is 10.5 Å². The summed E-state index contributed by atoms with van der Waals surface area (Å²) in [7, 11) is -1.73. The Morgan fingerprint density at radius 1 is 1.24 bits per heavy atom. The van der Waals surface area contributed by atoms with Gasteiger partial charge in [-0.1, -0.05) is 12.8 Å². The van der Waals surface area contributed by atoms with Crippen molar-refractivity contribution in [1.29, 1.82) is 0 Å². The maximum atomic E-state index is 12.6. The molecule has 0 bridgehead atoms. The summed E-state index contributed by atoms with van der Waals surface area (Å²) >= 11 is 0. The molecule has 0 radical (unpaired) electrons. The van der Waals surface area contributed by atoms with Crippen molar-refractivity contribution in [3.05, 3.63) is 24.3 Å². The third-order valence-corrected chi connectivity index (χ3v) is 5.88. The quantitative estimate of drug-likeness (QED) is 0.781. The molecule has 0 amide bonds. The Labute approximate surface area is 127 Å². The summed E-state index contributed by atoms with van der Waals surface area (Å²) in [6.45, 7) is 1.13. The average Bonchev–Trinajstić information content (AvgIpc) is 3.01. The molecule has 0 heterocycles. The third kappa shape index (κ3) is 3.96. The van der Waals surface area contributed by atoms with Gasteiger partial charge in [0.25, 0.3) is 0 Å². The van der Waals surface area contributed by atoms with Crippen molar-refractivity contribution in [1.82, 2.24) is 4.31 Å². The maximum Gasteiger partial charge on any atom is 0.243 e. The molecule has 0 aromatic heterocycles. The highest BCUT2D eigenvalue weighted by Crippen LogP contribution is 2.27. The Kier molecular flexibility index (Phi) is 5.61. The summed E-state index contributed by atoms with van der Waals surface area (Å²) in [4.78, 5) is 0.322. The number of rotatable bonds is 7. The van der Waals surface area contributed by atoms with Crippen molar-refractivity contribution in [3.8, 4) is 5.75 Å². The van der Waals surface area contributed by atoms with E-state index in [1.807, 2.05) is 0 Å². The maximum absolute atomic E-state index is 12.6. The molecule has 2 N–H and O–H groups in total. The minimum Gasteiger partial charge on any atom is -0.494 e. The molecule has 5 nitrogen and oxygen atoms in total. The smallest absolute Gasteiger partial charge is 0.243 e. The highest BCUT2D eigenvalue weighted by atomic mass is 32.2. The van der Waals surface area contributed by atoms with Crippen molar-refractivity contribution in [2.75, 3.05) is 20.2 Å². The lowest BCUT2D eigenvalue weighted by Gasteiger charge is -2.23. The molecule has 118 valence electrons. The molecule has 21 heavy (non-hydrogen) atoms. The Morgan fingerprint density at radius 2 is 1.86 bits per heavy atom. The van der Waals surface area contributed by atoms with Crippen LogP contribution in [0.3, 0.4) is 0 Å². The van der Waals surface area contributed by atoms with Crippen molar-refractivity contribution in [2.45, 2.75) is 43.0 Å². The summed E-state index contributed by atoms with van der Waals surface area (Å²) in [5.74, 6) is 0.672. The molecule has 1 aromatic carbocycles. The van der Waals surface area contributed by atoms with Crippen LogP contribution in [0.1, 0.15) is 32.1 Å². The lowest BCUT2D eigenvalue weighted by Crippen LogP contribution is -2.35. The third-order valence-electron chi connectivity index (χ3n) is 3.96. The predicted octanol–water partition coefficient (Wildman–Crippen LogP) is 1.98. The number of sulfonamides is 1. The molecule has 1 aliphatic rings. The molecule has 0 aliphatic heterocycles. The minimum atomic E-state index is -3.41. The van der Waals surface area contributed by atoms with Gasteiger partial charge in [0.1, 0.15) is 5.75 Å². The summed E-state index contributed by atoms with van der Waals surface area (Å²) in [5, 5.41) is 0. The topological polar surface area (TPSA) is 72.6 Å². The fourth-order valence-electron chi connectivity index (χ4n) is 2.61. The van der Waals surface area contributed by atoms with Crippen LogP contribution in [-0.2, 0) is 10.0 Å². The average molecular weight is 312 g/mol. The SMILES string of the molecule is CN(C1CCCC1)S(=O)(=O)c1ccc(OCCCN)cc1. The van der Waals surface area contributed by atoms with Gasteiger partial charge in [-0.25, -0.2) is 8.42 Å². The molecule has 2 rings (SSSR count). The van der Waals surface area contributed by atoms with Crippen molar-refractivity contribution < 1.29 is 13.2 Å². The first-order valence-corrected chi connectivity index (χ1v) is 8.90. The van der Waals surface area contributed by atoms with Crippen LogP contribution >= 0.6 is 0 Å². The lowest BCUT2D eigenvalue weighted by molar-refractivity contribution is 0.313. The molecule has 6 heteroatoms. The summed E-state index contributed by atoms with van der Waals surface area (Å²) < 4.78 is 32.1. The van der Waals surface area contributed by atoms with Crippen LogP contribution in [0.4, 0.5) is 0 Å². The van der Waals surface area contributed by atoms with Crippen LogP contribution in [0.25, 0.3) is 0 Å². The second kappa shape index (κ2) is 7.24. The van der Waals surface area contributed by atoms with Crippen LogP contribution in [0.5, 0.6) is 5.75 Å². The zero-order valence-corrected chi connectivity index (χ0v) is 13.3. The van der Waals surface area contributed by atoms with E-state index in [0.717, 1.165) is 32.1 Å². The van der Waals surface area contributed by atoms with E-state index in [4.69, 9.17) is 10.5 Å². The number of hydrogen-bond donors (Lipinski definition) is 1. The Balaban J connectivity index is 2.05. The number of benzene rings is 1. The molecule has 1 aromatic rings. The van der Waals surface area contributed by atoms with E-state index < -0.39 is 10.0 Å². The highest BCUT2D eigenvalue weighted by Gasteiger charge is 2.29. The van der Waals surface area contributed by atoms with E-state index >= 15 is 0 Å². The normalized spacial score (nSPS) is 16.5. The van der Waals surface area contributed by atoms with Crippen molar-refractivity contribution in [3.63, 3.8) is 0 Å². The van der Waals surface area contributed by atoms with Gasteiger partial charge in [-0.05, 0) is 50.1 Å². The number of hydrogen-bond acceptors (Lipinski definition) is 4. The summed E-state index contributed by atoms with van der Waals surface area (Å²) in [6, 6.07) is 6.75. The zero-order valence-electron chi connectivity index (χ0n) is 12.5. The number of ether oxygens (including phenoxy) is 1. The van der Waals surface area contributed by atoms with Gasteiger partial charge >= 0.3 is 0 Å². The van der Waals surface area contributed by atoms with Crippen LogP contribution in [0.15, 0.2) is 29.2 Å². The molecule has 1 fully saturated rings. The monoisotopic (exact) mass is 312 g/mol. The largest absolute Gasteiger partial charge is 0.494 e. The first-order valence-electron chi connectivity index (χ1n) is 7.46. The van der Waals surface area contributed by atoms with Gasteiger partial charge in [-0.15, -0.1) is 0 Å². The van der Waals surface area contributed by atoms with Crippen LogP contribution in [-0.4, -0.2) is 39.0 Å². The van der Waals surface area contributed by atoms with Gasteiger partial charge in [-0.2, -0.15) is 4.31 Å². The Hall–Kier alpha value is -1.11. The summed E-state index contributed by atoms with van der Waals surface area (Å²) in [5.41, 5.74) is 5.40. The molecule has 0 unspecified atom stereocenters. The van der Waals surface area contributed by atoms with E-state index in [-0.39, 0.29) is 6.04 Å². The number of nitrogens with two attached hydrogens (primary N) is 1. The standard InChI is InChI=1S/C15H24N2O3S/c1-17(13-5-2-3-6-13)21(18,19)15-9-7-14(8-10-15)20-12-4-11-16/h7-10,13H,2-6,11-12,16H2,1H3. The van der Waals surface area contributed by atoms with E-state index in [1.165, 1.54) is 4.31 Å². The minimum absolute atomic E-state index is 0.135. The van der Waals surface area contributed by atoms with Crippen molar-refractivity contribution >= 4 is 10.0 Å². The van der Waals surface area contributed by atoms with Crippen molar-refractivity contribution in [2.24, 2.45) is 5.73 Å². The van der Waals surface area contributed by atoms with Crippen LogP contribution in [0, 0.1) is 0 Å². The molecule has 0 saturated heterocycles. The highest BCUT2D eigenvalue weighted by molar-refractivity contribution is 7.89. The van der Waals surface area contributed by atoms with E-state index in [1.54, 1.807) is 31.3 Å². The van der Waals surface area contributed by atoms with Gasteiger partial charge in [0, 0.05) is 13.1 Å². The Morgan fingerprint density at radius 3 is 2.43 bits per heavy atom. The molecule has 1 aliphatic carbocycles. The van der Waals surface area contributed by atoms with E-state index in [9.17, 15) is 8.42 Å². The van der Waals surface area contributed by atoms with Gasteiger partial charge in [0.15, 0.2) is 0 Å². The Bertz CT molecular complexity index is 537. The second-order valence-electron chi connectivity index (χ2n) is 5.42. The number of nitrogens with zero attached hydrogens (tertiary/aromatic N) is 1. The molecule has 1 saturated carbocycles. The molecule has 0 atom stereocenters. The van der Waals surface area contributed by atoms with E-state index in [2.05, 4.69) is 0 Å². The lowest BCUT2D eigenvalue weighted by atomic mass is 10.3. The zero-order chi connectivity index (χ0) is 15.3. The first kappa shape index (κ1) is 16.3. The predicted molar refractivity (Wildman–Crippen MR) is 82.8 cm³/mol. The van der Waals surface area contributed by atoms with E-state index in [0.29, 0.717) is 23.8 Å². The van der Waals surface area contributed by atoms with Crippen LogP contribution in [0.2, 0.25) is 0 Å². The molecular formula is C15H24N2O3S. The second-order valence-corrected chi connectivity index (χ2v) is 7.42. The molecule has 0 spiro atoms. The summed E-state index contributed by atoms with van der Waals surface area (Å²) in [6.07, 6.45) is 4.91. The van der Waals surface area contributed by atoms with Gasteiger partial charge in [-0.3, -0.25) is 0 Å². The molecular weight excluding hydrogens is 288 g/mol.